The lowest BCUT2D eigenvalue weighted by molar-refractivity contribution is -0.149. The fourth-order valence-electron chi connectivity index (χ4n) is 4.86. The Hall–Kier alpha value is -5.39. The standard InChI is InChI=1S/C33H34N6O6/c1-18(2)26-32(42)44-16-20-10-9-11-21(34-20)17-45-33(43)27(19(3)4)36-31(41)25-15-8-6-13-23(25)29-37-28(38-39-29)22-12-5-7-14-24(22)30(40)35-26/h5-15,18-19,26-27H,16-17H2,1-4H3,(H,35,40)(H,36,41)(H,37,38,39)/t26-,27?/m0/s1. The van der Waals surface area contributed by atoms with Gasteiger partial charge >= 0.3 is 11.9 Å². The van der Waals surface area contributed by atoms with E-state index in [9.17, 15) is 19.2 Å². The molecule has 1 aliphatic heterocycles. The Bertz CT molecular complexity index is 1610. The number of fused-ring (bicyclic) bond motifs is 8. The number of pyridine rings is 1. The maximum absolute atomic E-state index is 13.5. The molecule has 0 spiro atoms. The number of ether oxygens (including phenoxy) is 2. The summed E-state index contributed by atoms with van der Waals surface area (Å²) >= 11 is 0. The van der Waals surface area contributed by atoms with Crippen LogP contribution in [0.4, 0.5) is 0 Å². The van der Waals surface area contributed by atoms with Crippen LogP contribution in [0, 0.1) is 11.8 Å². The second-order valence-electron chi connectivity index (χ2n) is 11.3. The summed E-state index contributed by atoms with van der Waals surface area (Å²) in [6, 6.07) is 16.7. The van der Waals surface area contributed by atoms with Crippen molar-refractivity contribution in [2.24, 2.45) is 11.8 Å². The number of carbonyl (C=O) groups is 4. The third-order valence-corrected chi connectivity index (χ3v) is 7.33. The van der Waals surface area contributed by atoms with E-state index in [4.69, 9.17) is 9.47 Å². The van der Waals surface area contributed by atoms with Gasteiger partial charge in [-0.25, -0.2) is 14.6 Å². The second-order valence-corrected chi connectivity index (χ2v) is 11.3. The molecule has 12 nitrogen and oxygen atoms in total. The fourth-order valence-corrected chi connectivity index (χ4v) is 4.86. The third-order valence-electron chi connectivity index (χ3n) is 7.33. The van der Waals surface area contributed by atoms with E-state index in [0.717, 1.165) is 0 Å². The van der Waals surface area contributed by atoms with Crippen LogP contribution in [0.1, 0.15) is 59.8 Å². The Morgan fingerprint density at radius 1 is 0.622 bits per heavy atom. The SMILES string of the molecule is CC(C)C1NC(=O)c2ccccc2-c2nc(n[nH]2)-c2ccccc2C(=O)N[C@@H](C(C)C)C(=O)OCc2cccc(n2)COC1=O. The highest BCUT2D eigenvalue weighted by molar-refractivity contribution is 6.03. The summed E-state index contributed by atoms with van der Waals surface area (Å²) < 4.78 is 11.1. The predicted octanol–water partition coefficient (Wildman–Crippen LogP) is 3.84. The van der Waals surface area contributed by atoms with Gasteiger partial charge in [-0.05, 0) is 36.1 Å². The number of rotatable bonds is 2. The number of aromatic amines is 1. The molecule has 2 atom stereocenters. The van der Waals surface area contributed by atoms with Crippen LogP contribution in [0.3, 0.4) is 0 Å². The molecule has 12 heteroatoms. The molecule has 4 aromatic rings. The zero-order chi connectivity index (χ0) is 32.1. The van der Waals surface area contributed by atoms with Gasteiger partial charge in [0, 0.05) is 11.1 Å². The number of amides is 2. The van der Waals surface area contributed by atoms with Gasteiger partial charge in [0.2, 0.25) is 0 Å². The Labute approximate surface area is 260 Å². The number of cyclic esters (lactones) is 2. The van der Waals surface area contributed by atoms with Gasteiger partial charge in [0.25, 0.3) is 11.8 Å². The van der Waals surface area contributed by atoms with Gasteiger partial charge in [-0.3, -0.25) is 19.7 Å². The first-order valence-corrected chi connectivity index (χ1v) is 14.6. The summed E-state index contributed by atoms with van der Waals surface area (Å²) in [7, 11) is 0. The molecule has 2 aromatic heterocycles. The zero-order valence-corrected chi connectivity index (χ0v) is 25.4. The molecule has 45 heavy (non-hydrogen) atoms. The number of benzene rings is 2. The highest BCUT2D eigenvalue weighted by atomic mass is 16.5. The first-order chi connectivity index (χ1) is 21.6. The van der Waals surface area contributed by atoms with E-state index >= 15 is 0 Å². The number of nitrogens with one attached hydrogen (secondary N) is 3. The molecule has 0 saturated carbocycles. The van der Waals surface area contributed by atoms with E-state index < -0.39 is 35.8 Å². The average Bonchev–Trinajstić information content (AvgIpc) is 3.53. The molecule has 1 aliphatic rings. The normalized spacial score (nSPS) is 18.0. The van der Waals surface area contributed by atoms with Gasteiger partial charge in [-0.15, -0.1) is 0 Å². The summed E-state index contributed by atoms with van der Waals surface area (Å²) in [5, 5.41) is 12.8. The smallest absolute Gasteiger partial charge is 0.329 e. The van der Waals surface area contributed by atoms with Crippen LogP contribution >= 0.6 is 0 Å². The molecular weight excluding hydrogens is 576 g/mol. The van der Waals surface area contributed by atoms with Crippen molar-refractivity contribution in [3.8, 4) is 22.8 Å². The monoisotopic (exact) mass is 610 g/mol. The van der Waals surface area contributed by atoms with Crippen LogP contribution in [-0.4, -0.2) is 56.0 Å². The van der Waals surface area contributed by atoms with Crippen molar-refractivity contribution in [2.45, 2.75) is 53.0 Å². The van der Waals surface area contributed by atoms with Gasteiger partial charge < -0.3 is 20.1 Å². The van der Waals surface area contributed by atoms with Crippen LogP contribution in [0.15, 0.2) is 66.7 Å². The largest absolute Gasteiger partial charge is 0.458 e. The molecule has 0 saturated heterocycles. The molecule has 2 aromatic carbocycles. The molecule has 0 fully saturated rings. The Morgan fingerprint density at radius 2 is 1.09 bits per heavy atom. The quantitative estimate of drug-likeness (QED) is 0.286. The molecular formula is C33H34N6O6. The van der Waals surface area contributed by atoms with E-state index in [1.807, 2.05) is 0 Å². The number of hydrogen-bond acceptors (Lipinski definition) is 9. The first-order valence-electron chi connectivity index (χ1n) is 14.6. The van der Waals surface area contributed by atoms with Gasteiger partial charge in [0.05, 0.1) is 22.5 Å². The van der Waals surface area contributed by atoms with Crippen molar-refractivity contribution in [1.29, 1.82) is 0 Å². The summed E-state index contributed by atoms with van der Waals surface area (Å²) in [6.07, 6.45) is 0. The van der Waals surface area contributed by atoms with Crippen LogP contribution < -0.4 is 10.6 Å². The van der Waals surface area contributed by atoms with Gasteiger partial charge in [-0.1, -0.05) is 70.2 Å². The van der Waals surface area contributed by atoms with Crippen molar-refractivity contribution < 1.29 is 28.7 Å². The minimum absolute atomic E-state index is 0.152. The van der Waals surface area contributed by atoms with E-state index in [-0.39, 0.29) is 47.8 Å². The molecule has 3 N–H and O–H groups in total. The van der Waals surface area contributed by atoms with Crippen molar-refractivity contribution in [3.05, 3.63) is 89.2 Å². The molecule has 2 amide bonds. The van der Waals surface area contributed by atoms with Crippen LogP contribution in [0.2, 0.25) is 0 Å². The zero-order valence-electron chi connectivity index (χ0n) is 25.4. The number of nitrogens with zero attached hydrogens (tertiary/aromatic N) is 3. The highest BCUT2D eigenvalue weighted by Crippen LogP contribution is 2.26. The fraction of sp³-hybridized carbons (Fsp3) is 0.303. The molecule has 4 bridgehead atoms. The van der Waals surface area contributed by atoms with E-state index in [0.29, 0.717) is 22.5 Å². The second kappa shape index (κ2) is 13.5. The Balaban J connectivity index is 1.56. The molecule has 1 unspecified atom stereocenters. The summed E-state index contributed by atoms with van der Waals surface area (Å²) in [4.78, 5) is 62.4. The minimum Gasteiger partial charge on any atom is -0.458 e. The number of H-pyrrole nitrogens is 1. The van der Waals surface area contributed by atoms with Crippen molar-refractivity contribution in [3.63, 3.8) is 0 Å². The van der Waals surface area contributed by atoms with Crippen LogP contribution in [0.25, 0.3) is 22.8 Å². The van der Waals surface area contributed by atoms with Crippen LogP contribution in [0.5, 0.6) is 0 Å². The third kappa shape index (κ3) is 7.06. The molecule has 3 heterocycles. The molecule has 5 rings (SSSR count). The lowest BCUT2D eigenvalue weighted by Gasteiger charge is -2.22. The summed E-state index contributed by atoms with van der Waals surface area (Å²) in [5.41, 5.74) is 2.24. The highest BCUT2D eigenvalue weighted by Gasteiger charge is 2.30. The van der Waals surface area contributed by atoms with Gasteiger partial charge in [-0.2, -0.15) is 5.10 Å². The van der Waals surface area contributed by atoms with Gasteiger partial charge in [0.15, 0.2) is 11.6 Å². The summed E-state index contributed by atoms with van der Waals surface area (Å²) in [5.74, 6) is -2.32. The van der Waals surface area contributed by atoms with E-state index in [1.165, 1.54) is 0 Å². The van der Waals surface area contributed by atoms with E-state index in [1.54, 1.807) is 94.4 Å². The molecule has 232 valence electrons. The molecule has 0 aliphatic carbocycles. The minimum atomic E-state index is -0.950. The van der Waals surface area contributed by atoms with Gasteiger partial charge in [0.1, 0.15) is 25.3 Å². The first kappa shape index (κ1) is 31.0. The average molecular weight is 611 g/mol. The lowest BCUT2D eigenvalue weighted by Crippen LogP contribution is -2.45. The number of carbonyl (C=O) groups excluding carboxylic acids is 4. The Morgan fingerprint density at radius 3 is 1.60 bits per heavy atom. The van der Waals surface area contributed by atoms with Crippen LogP contribution in [-0.2, 0) is 32.3 Å². The number of hydrogen-bond donors (Lipinski definition) is 3. The van der Waals surface area contributed by atoms with Crippen molar-refractivity contribution >= 4 is 23.8 Å². The lowest BCUT2D eigenvalue weighted by atomic mass is 10.0. The maximum Gasteiger partial charge on any atom is 0.329 e. The Kier molecular flexibility index (Phi) is 9.31. The van der Waals surface area contributed by atoms with E-state index in [2.05, 4.69) is 30.8 Å². The van der Waals surface area contributed by atoms with Crippen molar-refractivity contribution in [2.75, 3.05) is 0 Å². The topological polar surface area (TPSA) is 165 Å². The summed E-state index contributed by atoms with van der Waals surface area (Å²) in [6.45, 7) is 6.90. The molecule has 0 radical (unpaired) electrons. The maximum atomic E-state index is 13.5. The predicted molar refractivity (Wildman–Crippen MR) is 163 cm³/mol. The number of esters is 2. The van der Waals surface area contributed by atoms with Crippen molar-refractivity contribution in [1.82, 2.24) is 30.8 Å². The number of aromatic nitrogens is 4.